The predicted molar refractivity (Wildman–Crippen MR) is 254 cm³/mol. The molecule has 60 heavy (non-hydrogen) atoms. The fourth-order valence-corrected chi connectivity index (χ4v) is 12.0. The van der Waals surface area contributed by atoms with E-state index in [-0.39, 0.29) is 5.41 Å². The first kappa shape index (κ1) is 35.0. The molecule has 0 unspecified atom stereocenters. The van der Waals surface area contributed by atoms with E-state index in [4.69, 9.17) is 0 Å². The first-order chi connectivity index (χ1) is 29.5. The zero-order chi connectivity index (χ0) is 40.0. The van der Waals surface area contributed by atoms with Crippen LogP contribution in [0.1, 0.15) is 47.2 Å². The molecule has 0 aliphatic heterocycles. The first-order valence-corrected chi connectivity index (χ1v) is 21.7. The molecule has 0 saturated carbocycles. The van der Waals surface area contributed by atoms with Gasteiger partial charge in [-0.3, -0.25) is 0 Å². The van der Waals surface area contributed by atoms with Gasteiger partial charge in [-0.05, 0) is 103 Å². The number of benzene rings is 9. The van der Waals surface area contributed by atoms with Gasteiger partial charge in [0.15, 0.2) is 0 Å². The summed E-state index contributed by atoms with van der Waals surface area (Å²) in [4.78, 5) is 2.50. The van der Waals surface area contributed by atoms with Crippen molar-refractivity contribution in [3.05, 3.63) is 246 Å². The Labute approximate surface area is 355 Å². The topological polar surface area (TPSA) is 3.24 Å². The molecule has 0 N–H and O–H groups in total. The maximum absolute atomic E-state index is 2.50. The molecule has 1 aromatic heterocycles. The number of hydrogen-bond acceptors (Lipinski definition) is 2. The third kappa shape index (κ3) is 4.92. The monoisotopic (exact) mass is 783 g/mol. The molecule has 12 rings (SSSR count). The van der Waals surface area contributed by atoms with Crippen LogP contribution in [-0.4, -0.2) is 0 Å². The van der Waals surface area contributed by atoms with E-state index in [9.17, 15) is 0 Å². The van der Waals surface area contributed by atoms with Gasteiger partial charge < -0.3 is 4.90 Å². The number of anilines is 3. The number of nitrogens with zero attached hydrogens (tertiary/aromatic N) is 1. The zero-order valence-corrected chi connectivity index (χ0v) is 34.4. The molecule has 0 spiro atoms. The van der Waals surface area contributed by atoms with Crippen molar-refractivity contribution in [3.8, 4) is 33.4 Å². The minimum Gasteiger partial charge on any atom is -0.309 e. The molecule has 0 fully saturated rings. The summed E-state index contributed by atoms with van der Waals surface area (Å²) in [6, 6.07) is 79.1. The van der Waals surface area contributed by atoms with E-state index in [2.05, 4.69) is 231 Å². The molecule has 2 aliphatic rings. The third-order valence-electron chi connectivity index (χ3n) is 13.3. The van der Waals surface area contributed by atoms with E-state index >= 15 is 0 Å². The van der Waals surface area contributed by atoms with E-state index in [1.165, 1.54) is 92.6 Å². The first-order valence-electron chi connectivity index (χ1n) is 20.9. The maximum atomic E-state index is 2.50. The highest BCUT2D eigenvalue weighted by molar-refractivity contribution is 7.26. The van der Waals surface area contributed by atoms with E-state index in [1.807, 2.05) is 11.3 Å². The molecule has 9 aromatic carbocycles. The Kier molecular flexibility index (Phi) is 7.73. The molecule has 1 nitrogen and oxygen atoms in total. The van der Waals surface area contributed by atoms with Crippen molar-refractivity contribution in [3.63, 3.8) is 0 Å². The lowest BCUT2D eigenvalue weighted by Gasteiger charge is -2.35. The Bertz CT molecular complexity index is 3240. The molecule has 0 atom stereocenters. The lowest BCUT2D eigenvalue weighted by molar-refractivity contribution is 0.662. The molecule has 2 heteroatoms. The third-order valence-corrected chi connectivity index (χ3v) is 14.6. The van der Waals surface area contributed by atoms with Crippen LogP contribution in [0.25, 0.3) is 53.6 Å². The maximum Gasteiger partial charge on any atom is 0.0714 e. The van der Waals surface area contributed by atoms with Gasteiger partial charge in [0.05, 0.1) is 15.8 Å². The predicted octanol–water partition coefficient (Wildman–Crippen LogP) is 15.9. The summed E-state index contributed by atoms with van der Waals surface area (Å²) in [5.74, 6) is 0. The molecular weight excluding hydrogens is 743 g/mol. The van der Waals surface area contributed by atoms with Gasteiger partial charge >= 0.3 is 0 Å². The molecule has 1 heterocycles. The average molecular weight is 784 g/mol. The van der Waals surface area contributed by atoms with Gasteiger partial charge in [-0.1, -0.05) is 190 Å². The Morgan fingerprint density at radius 3 is 1.70 bits per heavy atom. The number of fused-ring (bicyclic) bond motifs is 9. The van der Waals surface area contributed by atoms with E-state index < -0.39 is 5.41 Å². The molecule has 2 aliphatic carbocycles. The Morgan fingerprint density at radius 1 is 0.400 bits per heavy atom. The standard InChI is InChI=1S/C58H41NS/c1-57(2)50-27-12-9-22-45(50)48-25-15-24-43(55(48)57)38-31-33-41(34-32-38)59(53-29-16-26-49-47-23-11-14-30-54(47)60-56(49)53)42-35-36-46-44-21-10-13-28-51(44)58(52(46)37-42,39-17-5-3-6-18-39)40-19-7-4-8-20-40/h3-37H,1-2H3. The van der Waals surface area contributed by atoms with Crippen molar-refractivity contribution < 1.29 is 0 Å². The zero-order valence-electron chi connectivity index (χ0n) is 33.6. The van der Waals surface area contributed by atoms with Gasteiger partial charge in [-0.15, -0.1) is 11.3 Å². The van der Waals surface area contributed by atoms with Crippen LogP contribution < -0.4 is 4.90 Å². The van der Waals surface area contributed by atoms with Crippen molar-refractivity contribution in [2.24, 2.45) is 0 Å². The van der Waals surface area contributed by atoms with Crippen LogP contribution in [0.4, 0.5) is 17.1 Å². The SMILES string of the molecule is CC1(C)c2ccccc2-c2cccc(-c3ccc(N(c4ccc5c(c4)C(c4ccccc4)(c4ccccc4)c4ccccc4-5)c4cccc5c4sc4ccccc45)cc3)c21. The van der Waals surface area contributed by atoms with Gasteiger partial charge in [0.25, 0.3) is 0 Å². The van der Waals surface area contributed by atoms with Gasteiger partial charge in [0, 0.05) is 32.3 Å². The molecule has 10 aromatic rings. The van der Waals surface area contributed by atoms with Gasteiger partial charge in [-0.25, -0.2) is 0 Å². The van der Waals surface area contributed by atoms with Gasteiger partial charge in [-0.2, -0.15) is 0 Å². The minimum absolute atomic E-state index is 0.101. The minimum atomic E-state index is -0.498. The quantitative estimate of drug-likeness (QED) is 0.162. The summed E-state index contributed by atoms with van der Waals surface area (Å²) in [7, 11) is 0. The number of thiophene rings is 1. The molecule has 0 radical (unpaired) electrons. The molecular formula is C58H41NS. The molecule has 0 saturated heterocycles. The Hall–Kier alpha value is -7.00. The van der Waals surface area contributed by atoms with Gasteiger partial charge in [0.1, 0.15) is 0 Å². The summed E-state index contributed by atoms with van der Waals surface area (Å²) in [6.07, 6.45) is 0. The second-order valence-corrected chi connectivity index (χ2v) is 17.8. The molecule has 0 bridgehead atoms. The van der Waals surface area contributed by atoms with Crippen molar-refractivity contribution >= 4 is 48.6 Å². The van der Waals surface area contributed by atoms with E-state index in [0.29, 0.717) is 0 Å². The van der Waals surface area contributed by atoms with Crippen LogP contribution in [0.3, 0.4) is 0 Å². The second kappa shape index (κ2) is 13.3. The summed E-state index contributed by atoms with van der Waals surface area (Å²) in [6.45, 7) is 4.75. The van der Waals surface area contributed by atoms with E-state index in [0.717, 1.165) is 11.4 Å². The normalized spacial score (nSPS) is 14.1. The van der Waals surface area contributed by atoms with Crippen LogP contribution in [0.5, 0.6) is 0 Å². The van der Waals surface area contributed by atoms with Crippen molar-refractivity contribution in [2.45, 2.75) is 24.7 Å². The van der Waals surface area contributed by atoms with Crippen LogP contribution in [0.2, 0.25) is 0 Å². The second-order valence-electron chi connectivity index (χ2n) is 16.8. The van der Waals surface area contributed by atoms with Crippen molar-refractivity contribution in [1.29, 1.82) is 0 Å². The Morgan fingerprint density at radius 2 is 0.950 bits per heavy atom. The summed E-state index contributed by atoms with van der Waals surface area (Å²) >= 11 is 1.88. The highest BCUT2D eigenvalue weighted by Gasteiger charge is 2.46. The molecule has 284 valence electrons. The highest BCUT2D eigenvalue weighted by Crippen LogP contribution is 2.58. The fraction of sp³-hybridized carbons (Fsp3) is 0.0690. The van der Waals surface area contributed by atoms with Crippen molar-refractivity contribution in [2.75, 3.05) is 4.90 Å². The summed E-state index contributed by atoms with van der Waals surface area (Å²) in [5.41, 5.74) is 18.6. The number of hydrogen-bond donors (Lipinski definition) is 0. The lowest BCUT2D eigenvalue weighted by atomic mass is 9.67. The largest absolute Gasteiger partial charge is 0.309 e. The molecule has 0 amide bonds. The Balaban J connectivity index is 1.09. The lowest BCUT2D eigenvalue weighted by Crippen LogP contribution is -2.28. The summed E-state index contributed by atoms with van der Waals surface area (Å²) in [5, 5.41) is 2.58. The van der Waals surface area contributed by atoms with Crippen LogP contribution in [0, 0.1) is 0 Å². The summed E-state index contributed by atoms with van der Waals surface area (Å²) < 4.78 is 2.58. The van der Waals surface area contributed by atoms with Crippen LogP contribution >= 0.6 is 11.3 Å². The van der Waals surface area contributed by atoms with Crippen LogP contribution in [-0.2, 0) is 10.8 Å². The van der Waals surface area contributed by atoms with Gasteiger partial charge in [0.2, 0.25) is 0 Å². The fourth-order valence-electron chi connectivity index (χ4n) is 10.8. The smallest absolute Gasteiger partial charge is 0.0714 e. The number of rotatable bonds is 6. The van der Waals surface area contributed by atoms with Crippen LogP contribution in [0.15, 0.2) is 212 Å². The van der Waals surface area contributed by atoms with E-state index in [1.54, 1.807) is 0 Å². The highest BCUT2D eigenvalue weighted by atomic mass is 32.1. The average Bonchev–Trinajstić information content (AvgIpc) is 3.92. The van der Waals surface area contributed by atoms with Crippen molar-refractivity contribution in [1.82, 2.24) is 0 Å².